The molecule has 0 bridgehead atoms. The quantitative estimate of drug-likeness (QED) is 0.765. The Morgan fingerprint density at radius 2 is 2.00 bits per heavy atom. The van der Waals surface area contributed by atoms with E-state index in [1.165, 1.54) is 0 Å². The van der Waals surface area contributed by atoms with Gasteiger partial charge in [0.2, 0.25) is 0 Å². The minimum Gasteiger partial charge on any atom is -0.346 e. The van der Waals surface area contributed by atoms with E-state index in [1.54, 1.807) is 5.38 Å². The maximum atomic E-state index is 13.1. The molecule has 0 aliphatic heterocycles. The van der Waals surface area contributed by atoms with Crippen molar-refractivity contribution < 1.29 is 18.1 Å². The van der Waals surface area contributed by atoms with E-state index in [-0.39, 0.29) is 17.4 Å². The topological polar surface area (TPSA) is 80.9 Å². The molecule has 2 heterocycles. The molecule has 0 fully saturated rings. The van der Waals surface area contributed by atoms with Crippen molar-refractivity contribution in [3.05, 3.63) is 51.6 Å². The number of thiazole rings is 1. The number of carbonyl (C=O) groups is 1. The number of nitrogens with one attached hydrogen (secondary N) is 1. The summed E-state index contributed by atoms with van der Waals surface area (Å²) >= 11 is 1.11. The van der Waals surface area contributed by atoms with Crippen molar-refractivity contribution in [2.75, 3.05) is 0 Å². The molecular weight excluding hydrogens is 338 g/mol. The van der Waals surface area contributed by atoms with Crippen molar-refractivity contribution in [2.24, 2.45) is 0 Å². The van der Waals surface area contributed by atoms with Crippen LogP contribution in [0.15, 0.2) is 28.1 Å². The molecule has 1 amide bonds. The molecule has 124 valence electrons. The summed E-state index contributed by atoms with van der Waals surface area (Å²) in [4.78, 5) is 20.4. The Morgan fingerprint density at radius 1 is 1.25 bits per heavy atom. The summed E-state index contributed by atoms with van der Waals surface area (Å²) in [5, 5.41) is 8.15. The molecule has 0 unspecified atom stereocenters. The number of amides is 1. The van der Waals surface area contributed by atoms with E-state index in [2.05, 4.69) is 20.4 Å². The Balaban J connectivity index is 1.67. The fraction of sp³-hybridized carbons (Fsp3) is 0.200. The summed E-state index contributed by atoms with van der Waals surface area (Å²) in [6, 6.07) is 3.08. The molecule has 9 heteroatoms. The lowest BCUT2D eigenvalue weighted by atomic mass is 10.2. The third kappa shape index (κ3) is 3.62. The first-order valence-electron chi connectivity index (χ1n) is 7.07. The molecule has 2 aromatic heterocycles. The van der Waals surface area contributed by atoms with Gasteiger partial charge in [-0.25, -0.2) is 13.8 Å². The molecule has 24 heavy (non-hydrogen) atoms. The number of aromatic nitrogens is 3. The lowest BCUT2D eigenvalue weighted by Crippen LogP contribution is -2.22. The third-order valence-corrected chi connectivity index (χ3v) is 3.92. The summed E-state index contributed by atoms with van der Waals surface area (Å²) in [5.41, 5.74) is 0.733. The number of hydrogen-bond acceptors (Lipinski definition) is 6. The van der Waals surface area contributed by atoms with Gasteiger partial charge in [-0.3, -0.25) is 4.79 Å². The fourth-order valence-corrected chi connectivity index (χ4v) is 2.66. The highest BCUT2D eigenvalue weighted by molar-refractivity contribution is 7.12. The second-order valence-corrected chi connectivity index (χ2v) is 5.73. The first kappa shape index (κ1) is 16.2. The van der Waals surface area contributed by atoms with Crippen molar-refractivity contribution in [3.8, 4) is 11.6 Å². The molecule has 0 aliphatic carbocycles. The van der Waals surface area contributed by atoms with E-state index in [9.17, 15) is 13.6 Å². The van der Waals surface area contributed by atoms with Crippen LogP contribution in [0.5, 0.6) is 0 Å². The van der Waals surface area contributed by atoms with Crippen LogP contribution < -0.4 is 5.32 Å². The van der Waals surface area contributed by atoms with Crippen molar-refractivity contribution in [3.63, 3.8) is 0 Å². The van der Waals surface area contributed by atoms with Crippen molar-refractivity contribution in [2.45, 2.75) is 19.9 Å². The van der Waals surface area contributed by atoms with E-state index in [0.717, 1.165) is 29.5 Å². The summed E-state index contributed by atoms with van der Waals surface area (Å²) in [6.07, 6.45) is 0.630. The van der Waals surface area contributed by atoms with Gasteiger partial charge in [-0.1, -0.05) is 12.1 Å². The van der Waals surface area contributed by atoms with E-state index in [4.69, 9.17) is 4.52 Å². The highest BCUT2D eigenvalue weighted by Gasteiger charge is 2.16. The molecule has 3 aromatic rings. The number of rotatable bonds is 5. The molecule has 0 spiro atoms. The minimum atomic E-state index is -0.695. The van der Waals surface area contributed by atoms with Gasteiger partial charge in [-0.15, -0.1) is 11.3 Å². The summed E-state index contributed by atoms with van der Waals surface area (Å²) in [7, 11) is 0. The lowest BCUT2D eigenvalue weighted by Gasteiger charge is -2.03. The Kier molecular flexibility index (Phi) is 4.61. The van der Waals surface area contributed by atoms with Gasteiger partial charge in [0.05, 0.1) is 0 Å². The highest BCUT2D eigenvalue weighted by Crippen LogP contribution is 2.20. The van der Waals surface area contributed by atoms with Crippen molar-refractivity contribution in [1.82, 2.24) is 20.4 Å². The SMILES string of the molecule is CCc1noc(-c2csc(C(=O)NCc3cc(F)cc(F)c3)n2)n1. The first-order chi connectivity index (χ1) is 11.5. The maximum Gasteiger partial charge on any atom is 0.280 e. The standard InChI is InChI=1S/C15H12F2N4O2S/c1-2-12-20-14(23-21-12)11-7-24-15(19-11)13(22)18-6-8-3-9(16)5-10(17)4-8/h3-5,7H,2,6H2,1H3,(H,18,22). The molecule has 0 saturated carbocycles. The second-order valence-electron chi connectivity index (χ2n) is 4.87. The number of nitrogens with zero attached hydrogens (tertiary/aromatic N) is 3. The van der Waals surface area contributed by atoms with E-state index >= 15 is 0 Å². The first-order valence-corrected chi connectivity index (χ1v) is 7.94. The summed E-state index contributed by atoms with van der Waals surface area (Å²) < 4.78 is 31.3. The van der Waals surface area contributed by atoms with Crippen molar-refractivity contribution in [1.29, 1.82) is 0 Å². The van der Waals surface area contributed by atoms with Crippen LogP contribution in [0.1, 0.15) is 28.1 Å². The van der Waals surface area contributed by atoms with Crippen LogP contribution in [0.3, 0.4) is 0 Å². The average molecular weight is 350 g/mol. The van der Waals surface area contributed by atoms with Gasteiger partial charge < -0.3 is 9.84 Å². The molecule has 1 N–H and O–H groups in total. The zero-order chi connectivity index (χ0) is 17.1. The van der Waals surface area contributed by atoms with Crippen LogP contribution in [0.4, 0.5) is 8.78 Å². The van der Waals surface area contributed by atoms with Crippen LogP contribution in [0, 0.1) is 11.6 Å². The molecule has 3 rings (SSSR count). The zero-order valence-corrected chi connectivity index (χ0v) is 13.4. The van der Waals surface area contributed by atoms with Crippen LogP contribution >= 0.6 is 11.3 Å². The van der Waals surface area contributed by atoms with Gasteiger partial charge >= 0.3 is 0 Å². The average Bonchev–Trinajstić information content (AvgIpc) is 3.20. The molecule has 1 aromatic carbocycles. The summed E-state index contributed by atoms with van der Waals surface area (Å²) in [6.45, 7) is 1.88. The highest BCUT2D eigenvalue weighted by atomic mass is 32.1. The van der Waals surface area contributed by atoms with E-state index in [0.29, 0.717) is 23.5 Å². The number of halogens is 2. The fourth-order valence-electron chi connectivity index (χ4n) is 1.95. The monoisotopic (exact) mass is 350 g/mol. The minimum absolute atomic E-state index is 0.0109. The van der Waals surface area contributed by atoms with Crippen LogP contribution in [-0.2, 0) is 13.0 Å². The second kappa shape index (κ2) is 6.83. The zero-order valence-electron chi connectivity index (χ0n) is 12.5. The Labute approximate surface area is 139 Å². The number of benzene rings is 1. The molecular formula is C15H12F2N4O2S. The lowest BCUT2D eigenvalue weighted by molar-refractivity contribution is 0.0950. The van der Waals surface area contributed by atoms with Crippen LogP contribution in [0.2, 0.25) is 0 Å². The number of hydrogen-bond donors (Lipinski definition) is 1. The molecule has 0 saturated heterocycles. The largest absolute Gasteiger partial charge is 0.346 e. The molecule has 6 nitrogen and oxygen atoms in total. The molecule has 0 aliphatic rings. The van der Waals surface area contributed by atoms with Gasteiger partial charge in [0.25, 0.3) is 11.8 Å². The Morgan fingerprint density at radius 3 is 2.67 bits per heavy atom. The smallest absolute Gasteiger partial charge is 0.280 e. The normalized spacial score (nSPS) is 10.8. The Bertz CT molecular complexity index is 858. The van der Waals surface area contributed by atoms with Gasteiger partial charge in [-0.2, -0.15) is 4.98 Å². The summed E-state index contributed by atoms with van der Waals surface area (Å²) in [5.74, 6) is -1.05. The van der Waals surface area contributed by atoms with Gasteiger partial charge in [-0.05, 0) is 17.7 Å². The van der Waals surface area contributed by atoms with Crippen molar-refractivity contribution >= 4 is 17.2 Å². The molecule has 0 atom stereocenters. The predicted octanol–water partition coefficient (Wildman–Crippen LogP) is 2.96. The predicted molar refractivity (Wildman–Crippen MR) is 82.3 cm³/mol. The van der Waals surface area contributed by atoms with Gasteiger partial charge in [0.1, 0.15) is 17.3 Å². The Hall–Kier alpha value is -2.68. The van der Waals surface area contributed by atoms with Crippen LogP contribution in [0.25, 0.3) is 11.6 Å². The number of aryl methyl sites for hydroxylation is 1. The van der Waals surface area contributed by atoms with E-state index in [1.807, 2.05) is 6.92 Å². The van der Waals surface area contributed by atoms with Gasteiger partial charge in [0.15, 0.2) is 10.8 Å². The van der Waals surface area contributed by atoms with Crippen LogP contribution in [-0.4, -0.2) is 21.0 Å². The van der Waals surface area contributed by atoms with E-state index < -0.39 is 17.5 Å². The third-order valence-electron chi connectivity index (χ3n) is 3.08. The maximum absolute atomic E-state index is 13.1. The molecule has 0 radical (unpaired) electrons. The number of carbonyl (C=O) groups excluding carboxylic acids is 1. The van der Waals surface area contributed by atoms with Gasteiger partial charge in [0, 0.05) is 24.4 Å².